The Balaban J connectivity index is 2.07. The van der Waals surface area contributed by atoms with E-state index in [0.29, 0.717) is 0 Å². The van der Waals surface area contributed by atoms with Gasteiger partial charge in [0.2, 0.25) is 0 Å². The molecule has 1 aliphatic heterocycles. The molecule has 1 saturated heterocycles. The van der Waals surface area contributed by atoms with Crippen LogP contribution >= 0.6 is 0 Å². The molecule has 3 aromatic carbocycles. The number of likely N-dealkylation sites (tertiary alicyclic amines) is 1. The highest BCUT2D eigenvalue weighted by atomic mass is 16.4. The molecule has 0 amide bonds. The van der Waals surface area contributed by atoms with Crippen LogP contribution in [0.25, 0.3) is 0 Å². The molecule has 1 aliphatic rings. The molecular formula is C28H31NO2. The van der Waals surface area contributed by atoms with Gasteiger partial charge in [-0.25, -0.2) is 0 Å². The Bertz CT molecular complexity index is 891. The van der Waals surface area contributed by atoms with Gasteiger partial charge in [-0.15, -0.1) is 0 Å². The van der Waals surface area contributed by atoms with Crippen LogP contribution in [0.5, 0.6) is 0 Å². The van der Waals surface area contributed by atoms with E-state index in [9.17, 15) is 9.90 Å². The molecule has 3 nitrogen and oxygen atoms in total. The van der Waals surface area contributed by atoms with Gasteiger partial charge in [-0.05, 0) is 36.0 Å². The smallest absolute Gasteiger partial charge is 0.305 e. The Labute approximate surface area is 185 Å². The molecule has 0 bridgehead atoms. The van der Waals surface area contributed by atoms with E-state index in [2.05, 4.69) is 84.6 Å². The number of hydrogen-bond donors (Lipinski definition) is 1. The number of carbonyl (C=O) groups is 1. The third-order valence-electron chi connectivity index (χ3n) is 6.96. The maximum atomic E-state index is 12.1. The molecule has 1 N–H and O–H groups in total. The first-order chi connectivity index (χ1) is 15.1. The van der Waals surface area contributed by atoms with Crippen molar-refractivity contribution in [2.75, 3.05) is 6.54 Å². The molecule has 1 atom stereocenters. The Hall–Kier alpha value is -2.91. The summed E-state index contributed by atoms with van der Waals surface area (Å²) in [6.45, 7) is 3.01. The monoisotopic (exact) mass is 413 g/mol. The second-order valence-corrected chi connectivity index (χ2v) is 8.57. The predicted molar refractivity (Wildman–Crippen MR) is 125 cm³/mol. The number of hydrogen-bond acceptors (Lipinski definition) is 2. The van der Waals surface area contributed by atoms with Crippen LogP contribution in [0.2, 0.25) is 0 Å². The number of aliphatic carboxylic acids is 1. The van der Waals surface area contributed by atoms with Crippen LogP contribution in [-0.2, 0) is 10.3 Å². The van der Waals surface area contributed by atoms with Crippen LogP contribution in [-0.4, -0.2) is 28.1 Å². The van der Waals surface area contributed by atoms with E-state index in [1.54, 1.807) is 0 Å². The molecule has 0 aliphatic carbocycles. The number of carboxylic acids is 1. The topological polar surface area (TPSA) is 40.5 Å². The molecule has 0 aromatic heterocycles. The summed E-state index contributed by atoms with van der Waals surface area (Å²) in [5, 5.41) is 9.93. The second kappa shape index (κ2) is 9.07. The van der Waals surface area contributed by atoms with Crippen molar-refractivity contribution in [1.29, 1.82) is 0 Å². The van der Waals surface area contributed by atoms with Crippen molar-refractivity contribution >= 4 is 5.97 Å². The highest BCUT2D eigenvalue weighted by Gasteiger charge is 2.52. The Morgan fingerprint density at radius 3 is 1.68 bits per heavy atom. The quantitative estimate of drug-likeness (QED) is 0.477. The minimum absolute atomic E-state index is 0.151. The summed E-state index contributed by atoms with van der Waals surface area (Å²) in [7, 11) is 0. The molecule has 1 heterocycles. The summed E-state index contributed by atoms with van der Waals surface area (Å²) in [5.41, 5.74) is 2.56. The predicted octanol–water partition coefficient (Wildman–Crippen LogP) is 6.09. The minimum Gasteiger partial charge on any atom is -0.481 e. The first kappa shape index (κ1) is 21.3. The van der Waals surface area contributed by atoms with Crippen LogP contribution in [0.1, 0.15) is 55.7 Å². The molecule has 0 spiro atoms. The molecule has 3 heteroatoms. The van der Waals surface area contributed by atoms with Crippen molar-refractivity contribution in [3.05, 3.63) is 108 Å². The fourth-order valence-corrected chi connectivity index (χ4v) is 5.58. The summed E-state index contributed by atoms with van der Waals surface area (Å²) >= 11 is 0. The standard InChI is InChI=1S/C28H31NO2/c1-2-27(22-26(30)31)20-12-13-21-29(27)28(23-14-6-3-7-15-23,24-16-8-4-9-17-24)25-18-10-5-11-19-25/h3-11,14-19H,2,12-13,20-22H2,1H3,(H,30,31). The van der Waals surface area contributed by atoms with Crippen LogP contribution < -0.4 is 0 Å². The Morgan fingerprint density at radius 1 is 0.839 bits per heavy atom. The normalized spacial score (nSPS) is 19.8. The fourth-order valence-electron chi connectivity index (χ4n) is 5.58. The molecular weight excluding hydrogens is 382 g/mol. The van der Waals surface area contributed by atoms with Crippen LogP contribution in [0, 0.1) is 0 Å². The first-order valence-electron chi connectivity index (χ1n) is 11.3. The zero-order chi connectivity index (χ0) is 21.7. The van der Waals surface area contributed by atoms with E-state index in [1.165, 1.54) is 16.7 Å². The summed E-state index contributed by atoms with van der Waals surface area (Å²) in [4.78, 5) is 14.6. The van der Waals surface area contributed by atoms with Gasteiger partial charge in [-0.2, -0.15) is 0 Å². The summed E-state index contributed by atoms with van der Waals surface area (Å²) in [6.07, 6.45) is 3.97. The molecule has 3 aromatic rings. The van der Waals surface area contributed by atoms with E-state index in [4.69, 9.17) is 0 Å². The van der Waals surface area contributed by atoms with Crippen molar-refractivity contribution in [3.63, 3.8) is 0 Å². The van der Waals surface area contributed by atoms with Crippen molar-refractivity contribution in [3.8, 4) is 0 Å². The molecule has 1 fully saturated rings. The maximum absolute atomic E-state index is 12.1. The van der Waals surface area contributed by atoms with Crippen LogP contribution in [0.4, 0.5) is 0 Å². The van der Waals surface area contributed by atoms with Gasteiger partial charge in [-0.1, -0.05) is 104 Å². The lowest BCUT2D eigenvalue weighted by Gasteiger charge is -2.57. The molecule has 0 radical (unpaired) electrons. The van der Waals surface area contributed by atoms with Crippen LogP contribution in [0.3, 0.4) is 0 Å². The molecule has 0 saturated carbocycles. The van der Waals surface area contributed by atoms with Gasteiger partial charge < -0.3 is 5.11 Å². The van der Waals surface area contributed by atoms with E-state index in [-0.39, 0.29) is 6.42 Å². The fraction of sp³-hybridized carbons (Fsp3) is 0.321. The summed E-state index contributed by atoms with van der Waals surface area (Å²) in [6, 6.07) is 31.8. The van der Waals surface area contributed by atoms with Crippen LogP contribution in [0.15, 0.2) is 91.0 Å². The highest BCUT2D eigenvalue weighted by Crippen LogP contribution is 2.50. The van der Waals surface area contributed by atoms with Gasteiger partial charge in [0.05, 0.1) is 12.0 Å². The average Bonchev–Trinajstić information content (AvgIpc) is 2.82. The SMILES string of the molecule is CCC1(CC(=O)O)CCCCN1C(c1ccccc1)(c1ccccc1)c1ccccc1. The maximum Gasteiger partial charge on any atom is 0.305 e. The zero-order valence-corrected chi connectivity index (χ0v) is 18.2. The van der Waals surface area contributed by atoms with E-state index >= 15 is 0 Å². The molecule has 4 rings (SSSR count). The van der Waals surface area contributed by atoms with Crippen molar-refractivity contribution in [2.45, 2.75) is 50.1 Å². The number of carboxylic acid groups (broad SMARTS) is 1. The zero-order valence-electron chi connectivity index (χ0n) is 18.2. The lowest BCUT2D eigenvalue weighted by atomic mass is 9.69. The van der Waals surface area contributed by atoms with Gasteiger partial charge in [0.15, 0.2) is 0 Å². The Morgan fingerprint density at radius 2 is 1.29 bits per heavy atom. The van der Waals surface area contributed by atoms with Gasteiger partial charge in [0, 0.05) is 12.1 Å². The van der Waals surface area contributed by atoms with Crippen molar-refractivity contribution in [2.24, 2.45) is 0 Å². The average molecular weight is 414 g/mol. The third-order valence-corrected chi connectivity index (χ3v) is 6.96. The number of rotatable bonds is 7. The number of benzene rings is 3. The lowest BCUT2D eigenvalue weighted by Crippen LogP contribution is -2.62. The highest BCUT2D eigenvalue weighted by molar-refractivity contribution is 5.68. The minimum atomic E-state index is -0.725. The number of piperidine rings is 1. The largest absolute Gasteiger partial charge is 0.481 e. The van der Waals surface area contributed by atoms with Gasteiger partial charge >= 0.3 is 5.97 Å². The first-order valence-corrected chi connectivity index (χ1v) is 11.3. The van der Waals surface area contributed by atoms with E-state index in [0.717, 1.165) is 32.2 Å². The van der Waals surface area contributed by atoms with E-state index in [1.807, 2.05) is 18.2 Å². The van der Waals surface area contributed by atoms with Crippen molar-refractivity contribution in [1.82, 2.24) is 4.90 Å². The summed E-state index contributed by atoms with van der Waals surface area (Å²) < 4.78 is 0. The molecule has 31 heavy (non-hydrogen) atoms. The third kappa shape index (κ3) is 3.79. The second-order valence-electron chi connectivity index (χ2n) is 8.57. The van der Waals surface area contributed by atoms with Gasteiger partial charge in [-0.3, -0.25) is 9.69 Å². The van der Waals surface area contributed by atoms with Gasteiger partial charge in [0.1, 0.15) is 0 Å². The summed E-state index contributed by atoms with van der Waals surface area (Å²) in [5.74, 6) is -0.725. The molecule has 1 unspecified atom stereocenters. The molecule has 160 valence electrons. The van der Waals surface area contributed by atoms with E-state index < -0.39 is 17.0 Å². The lowest BCUT2D eigenvalue weighted by molar-refractivity contribution is -0.143. The van der Waals surface area contributed by atoms with Gasteiger partial charge in [0.25, 0.3) is 0 Å². The van der Waals surface area contributed by atoms with Crippen molar-refractivity contribution < 1.29 is 9.90 Å². The number of nitrogens with zero attached hydrogens (tertiary/aromatic N) is 1. The Kier molecular flexibility index (Phi) is 6.24.